The Morgan fingerprint density at radius 2 is 1.85 bits per heavy atom. The van der Waals surface area contributed by atoms with Gasteiger partial charge in [-0.1, -0.05) is 35.9 Å². The van der Waals surface area contributed by atoms with E-state index in [1.807, 2.05) is 78.2 Å². The highest BCUT2D eigenvalue weighted by atomic mass is 16.5. The Kier molecular flexibility index (Phi) is 4.52. The summed E-state index contributed by atoms with van der Waals surface area (Å²) in [4.78, 5) is 12.9. The topological polar surface area (TPSA) is 66.0 Å². The lowest BCUT2D eigenvalue weighted by Gasteiger charge is -2.06. The zero-order valence-corrected chi connectivity index (χ0v) is 15.0. The van der Waals surface area contributed by atoms with E-state index in [1.54, 1.807) is 0 Å². The van der Waals surface area contributed by atoms with Gasteiger partial charge in [-0.3, -0.25) is 5.73 Å². The first-order valence-electron chi connectivity index (χ1n) is 8.76. The molecule has 5 nitrogen and oxygen atoms in total. The smallest absolute Gasteiger partial charge is 0.341 e. The van der Waals surface area contributed by atoms with Gasteiger partial charge in [0.05, 0.1) is 16.6 Å². The van der Waals surface area contributed by atoms with Crippen molar-refractivity contribution in [1.82, 2.24) is 4.40 Å². The fourth-order valence-electron chi connectivity index (χ4n) is 3.22. The molecule has 0 unspecified atom stereocenters. The summed E-state index contributed by atoms with van der Waals surface area (Å²) in [5.74, 6) is 0.314. The van der Waals surface area contributed by atoms with Gasteiger partial charge in [0.2, 0.25) is 0 Å². The number of nitrogens with two attached hydrogens (primary N) is 1. The molecule has 27 heavy (non-hydrogen) atoms. The van der Waals surface area contributed by atoms with Gasteiger partial charge in [0, 0.05) is 17.6 Å². The monoisotopic (exact) mass is 360 g/mol. The van der Waals surface area contributed by atoms with Crippen LogP contribution in [0.1, 0.15) is 21.5 Å². The third kappa shape index (κ3) is 3.25. The number of carbonyl (C=O) groups is 1. The van der Waals surface area contributed by atoms with Gasteiger partial charge in [-0.25, -0.2) is 4.79 Å². The van der Waals surface area contributed by atoms with Crippen LogP contribution >= 0.6 is 0 Å². The fourth-order valence-corrected chi connectivity index (χ4v) is 3.22. The van der Waals surface area contributed by atoms with E-state index in [-0.39, 0.29) is 19.3 Å². The Hall–Kier alpha value is -3.31. The van der Waals surface area contributed by atoms with Crippen LogP contribution in [0.2, 0.25) is 0 Å². The number of nitrogens with zero attached hydrogens (tertiary/aromatic N) is 1. The average Bonchev–Trinajstić information content (AvgIpc) is 3.02. The molecular weight excluding hydrogens is 340 g/mol. The number of hydrogen-bond acceptors (Lipinski definition) is 4. The highest BCUT2D eigenvalue weighted by Crippen LogP contribution is 2.30. The molecule has 0 aliphatic carbocycles. The lowest BCUT2D eigenvalue weighted by Crippen LogP contribution is -2.07. The van der Waals surface area contributed by atoms with Gasteiger partial charge in [-0.15, -0.1) is 0 Å². The van der Waals surface area contributed by atoms with Crippen LogP contribution in [0.3, 0.4) is 0 Å². The van der Waals surface area contributed by atoms with Crippen LogP contribution in [-0.4, -0.2) is 17.1 Å². The number of esters is 1. The van der Waals surface area contributed by atoms with Crippen molar-refractivity contribution in [2.24, 2.45) is 5.73 Å². The van der Waals surface area contributed by atoms with E-state index in [2.05, 4.69) is 0 Å². The highest BCUT2D eigenvalue weighted by molar-refractivity contribution is 6.11. The largest absolute Gasteiger partial charge is 0.479 e. The number of hydrogen-bond donors (Lipinski definition) is 1. The van der Waals surface area contributed by atoms with E-state index in [0.29, 0.717) is 11.3 Å². The zero-order chi connectivity index (χ0) is 18.8. The third-order valence-electron chi connectivity index (χ3n) is 4.56. The van der Waals surface area contributed by atoms with Crippen molar-refractivity contribution in [2.45, 2.75) is 13.5 Å². The quantitative estimate of drug-likeness (QED) is 0.431. The Morgan fingerprint density at radius 3 is 2.63 bits per heavy atom. The molecule has 2 aromatic carbocycles. The number of benzene rings is 2. The van der Waals surface area contributed by atoms with Crippen LogP contribution in [0.4, 0.5) is 0 Å². The number of pyridine rings is 1. The summed E-state index contributed by atoms with van der Waals surface area (Å²) in [5.41, 5.74) is 9.83. The van der Waals surface area contributed by atoms with E-state index in [1.165, 1.54) is 5.56 Å². The maximum absolute atomic E-state index is 12.9. The number of aromatic nitrogens is 1. The van der Waals surface area contributed by atoms with Crippen molar-refractivity contribution in [3.05, 3.63) is 83.6 Å². The number of carbonyl (C=O) groups excluding carboxylic acids is 1. The fraction of sp³-hybridized carbons (Fsp3) is 0.136. The van der Waals surface area contributed by atoms with Crippen molar-refractivity contribution in [2.75, 3.05) is 6.73 Å². The van der Waals surface area contributed by atoms with Crippen molar-refractivity contribution < 1.29 is 14.3 Å². The van der Waals surface area contributed by atoms with E-state index in [0.717, 1.165) is 22.0 Å². The summed E-state index contributed by atoms with van der Waals surface area (Å²) in [6.07, 6.45) is 1.92. The molecule has 0 radical (unpaired) electrons. The Balaban J connectivity index is 1.72. The van der Waals surface area contributed by atoms with E-state index in [4.69, 9.17) is 15.2 Å². The molecule has 0 atom stereocenters. The van der Waals surface area contributed by atoms with Crippen LogP contribution in [0.15, 0.2) is 66.9 Å². The summed E-state index contributed by atoms with van der Waals surface area (Å²) >= 11 is 0. The summed E-state index contributed by atoms with van der Waals surface area (Å²) in [6, 6.07) is 19.2. The number of aryl methyl sites for hydroxylation is 1. The minimum absolute atomic E-state index is 0.0975. The molecule has 5 heteroatoms. The third-order valence-corrected chi connectivity index (χ3v) is 4.56. The lowest BCUT2D eigenvalue weighted by atomic mass is 10.1. The first-order chi connectivity index (χ1) is 13.2. The number of fused-ring (bicyclic) bond motifs is 3. The van der Waals surface area contributed by atoms with Gasteiger partial charge in [0.25, 0.3) is 0 Å². The van der Waals surface area contributed by atoms with Crippen LogP contribution in [0.25, 0.3) is 16.4 Å². The summed E-state index contributed by atoms with van der Waals surface area (Å²) in [5, 5.41) is 0.819. The van der Waals surface area contributed by atoms with Gasteiger partial charge in [-0.05, 0) is 36.8 Å². The van der Waals surface area contributed by atoms with E-state index in [9.17, 15) is 4.79 Å². The van der Waals surface area contributed by atoms with E-state index >= 15 is 0 Å². The maximum Gasteiger partial charge on any atom is 0.341 e. The molecule has 0 bridgehead atoms. The molecule has 0 amide bonds. The standard InChI is InChI=1S/C22H20N2O3/c1-15-5-7-16(8-6-15)13-26-22(25)21-18-10-9-17(27-14-23)12-20(18)24-11-3-2-4-19(21)24/h2-12H,13-14,23H2,1H3. The molecule has 2 aromatic heterocycles. The van der Waals surface area contributed by atoms with Gasteiger partial charge in [0.1, 0.15) is 19.1 Å². The van der Waals surface area contributed by atoms with Crippen molar-refractivity contribution in [1.29, 1.82) is 0 Å². The molecule has 2 heterocycles. The second kappa shape index (κ2) is 7.13. The molecule has 0 saturated carbocycles. The van der Waals surface area contributed by atoms with E-state index < -0.39 is 0 Å². The Morgan fingerprint density at radius 1 is 1.04 bits per heavy atom. The molecule has 0 fully saturated rings. The predicted octanol–water partition coefficient (Wildman–Crippen LogP) is 4.05. The Bertz CT molecular complexity index is 1110. The van der Waals surface area contributed by atoms with Crippen LogP contribution in [-0.2, 0) is 11.3 Å². The van der Waals surface area contributed by atoms with Crippen molar-refractivity contribution in [3.63, 3.8) is 0 Å². The minimum Gasteiger partial charge on any atom is -0.479 e. The molecule has 4 aromatic rings. The summed E-state index contributed by atoms with van der Waals surface area (Å²) < 4.78 is 13.0. The molecular formula is C22H20N2O3. The summed E-state index contributed by atoms with van der Waals surface area (Å²) in [6.45, 7) is 2.36. The average molecular weight is 360 g/mol. The second-order valence-corrected chi connectivity index (χ2v) is 6.38. The van der Waals surface area contributed by atoms with Crippen molar-refractivity contribution >= 4 is 22.4 Å². The Labute approximate surface area is 156 Å². The first kappa shape index (κ1) is 17.1. The summed E-state index contributed by atoms with van der Waals surface area (Å²) in [7, 11) is 0. The highest BCUT2D eigenvalue weighted by Gasteiger charge is 2.20. The molecule has 2 N–H and O–H groups in total. The lowest BCUT2D eigenvalue weighted by molar-refractivity contribution is 0.0477. The molecule has 0 saturated heterocycles. The van der Waals surface area contributed by atoms with Crippen LogP contribution in [0, 0.1) is 6.92 Å². The van der Waals surface area contributed by atoms with Crippen molar-refractivity contribution in [3.8, 4) is 5.75 Å². The predicted molar refractivity (Wildman–Crippen MR) is 105 cm³/mol. The second-order valence-electron chi connectivity index (χ2n) is 6.38. The molecule has 0 spiro atoms. The first-order valence-corrected chi connectivity index (χ1v) is 8.76. The van der Waals surface area contributed by atoms with Gasteiger partial charge < -0.3 is 13.9 Å². The van der Waals surface area contributed by atoms with Gasteiger partial charge >= 0.3 is 5.97 Å². The number of ether oxygens (including phenoxy) is 2. The van der Waals surface area contributed by atoms with Crippen LogP contribution < -0.4 is 10.5 Å². The molecule has 0 aliphatic rings. The molecule has 4 rings (SSSR count). The van der Waals surface area contributed by atoms with Gasteiger partial charge in [-0.2, -0.15) is 0 Å². The maximum atomic E-state index is 12.9. The minimum atomic E-state index is -0.346. The molecule has 136 valence electrons. The van der Waals surface area contributed by atoms with Crippen LogP contribution in [0.5, 0.6) is 5.75 Å². The van der Waals surface area contributed by atoms with Gasteiger partial charge in [0.15, 0.2) is 0 Å². The molecule has 0 aliphatic heterocycles. The normalized spacial score (nSPS) is 11.0. The SMILES string of the molecule is Cc1ccc(COC(=O)c2c3ccc(OCN)cc3n3ccccc23)cc1. The zero-order valence-electron chi connectivity index (χ0n) is 15.0. The number of rotatable bonds is 5.